The number of aromatic nitrogens is 1. The van der Waals surface area contributed by atoms with Crippen molar-refractivity contribution in [3.8, 4) is 0 Å². The van der Waals surface area contributed by atoms with E-state index in [9.17, 15) is 9.59 Å². The molecule has 100 valence electrons. The van der Waals surface area contributed by atoms with Gasteiger partial charge in [0.25, 0.3) is 5.91 Å². The zero-order valence-corrected chi connectivity index (χ0v) is 10.7. The van der Waals surface area contributed by atoms with Crippen molar-refractivity contribution in [2.24, 2.45) is 5.92 Å². The lowest BCUT2D eigenvalue weighted by molar-refractivity contribution is -0.125. The van der Waals surface area contributed by atoms with Crippen LogP contribution in [0.1, 0.15) is 29.6 Å². The Hall–Kier alpha value is -1.91. The van der Waals surface area contributed by atoms with Crippen molar-refractivity contribution in [1.29, 1.82) is 0 Å². The maximum Gasteiger partial charge on any atom is 0.253 e. The van der Waals surface area contributed by atoms with Gasteiger partial charge in [0.1, 0.15) is 0 Å². The van der Waals surface area contributed by atoms with Gasteiger partial charge in [0.15, 0.2) is 0 Å². The number of amides is 2. The number of rotatable bonds is 1. The molecule has 5 nitrogen and oxygen atoms in total. The van der Waals surface area contributed by atoms with Gasteiger partial charge in [-0.3, -0.25) is 14.6 Å². The molecule has 0 aromatic carbocycles. The summed E-state index contributed by atoms with van der Waals surface area (Å²) in [5.41, 5.74) is 0.688. The van der Waals surface area contributed by atoms with Gasteiger partial charge < -0.3 is 10.2 Å². The maximum atomic E-state index is 12.3. The summed E-state index contributed by atoms with van der Waals surface area (Å²) in [5, 5.41) is 3.03. The first-order valence-corrected chi connectivity index (χ1v) is 6.73. The molecule has 0 radical (unpaired) electrons. The van der Waals surface area contributed by atoms with E-state index in [1.165, 1.54) is 0 Å². The van der Waals surface area contributed by atoms with Crippen LogP contribution in [0.25, 0.3) is 0 Å². The molecule has 1 aromatic heterocycles. The molecule has 2 amide bonds. The SMILES string of the molecule is O=C1CCC2CN(C(=O)c3ccncc3)CCC2N1. The lowest BCUT2D eigenvalue weighted by Gasteiger charge is -2.41. The number of piperidine rings is 2. The van der Waals surface area contributed by atoms with Crippen LogP contribution < -0.4 is 5.32 Å². The van der Waals surface area contributed by atoms with Crippen LogP contribution in [-0.2, 0) is 4.79 Å². The zero-order valence-electron chi connectivity index (χ0n) is 10.7. The van der Waals surface area contributed by atoms with E-state index in [-0.39, 0.29) is 17.9 Å². The van der Waals surface area contributed by atoms with E-state index in [1.807, 2.05) is 4.90 Å². The quantitative estimate of drug-likeness (QED) is 0.812. The van der Waals surface area contributed by atoms with E-state index in [2.05, 4.69) is 10.3 Å². The van der Waals surface area contributed by atoms with Gasteiger partial charge in [0.05, 0.1) is 0 Å². The molecule has 1 aromatic rings. The summed E-state index contributed by atoms with van der Waals surface area (Å²) < 4.78 is 0. The Labute approximate surface area is 112 Å². The number of hydrogen-bond acceptors (Lipinski definition) is 3. The summed E-state index contributed by atoms with van der Waals surface area (Å²) in [5.74, 6) is 0.616. The average Bonchev–Trinajstić information content (AvgIpc) is 2.47. The van der Waals surface area contributed by atoms with E-state index in [4.69, 9.17) is 0 Å². The molecule has 2 aliphatic heterocycles. The van der Waals surface area contributed by atoms with Crippen LogP contribution in [0.2, 0.25) is 0 Å². The van der Waals surface area contributed by atoms with Gasteiger partial charge in [0, 0.05) is 43.5 Å². The van der Waals surface area contributed by atoms with Crippen molar-refractivity contribution in [2.45, 2.75) is 25.3 Å². The zero-order chi connectivity index (χ0) is 13.2. The molecule has 1 N–H and O–H groups in total. The first-order valence-electron chi connectivity index (χ1n) is 6.73. The molecule has 2 aliphatic rings. The normalized spacial score (nSPS) is 26.5. The maximum absolute atomic E-state index is 12.3. The molecule has 0 saturated carbocycles. The number of fused-ring (bicyclic) bond motifs is 1. The minimum absolute atomic E-state index is 0.0674. The Morgan fingerprint density at radius 2 is 2.11 bits per heavy atom. The smallest absolute Gasteiger partial charge is 0.253 e. The number of carbonyl (C=O) groups is 2. The summed E-state index contributed by atoms with van der Waals surface area (Å²) in [6.45, 7) is 1.45. The highest BCUT2D eigenvalue weighted by Crippen LogP contribution is 2.26. The van der Waals surface area contributed by atoms with Crippen molar-refractivity contribution >= 4 is 11.8 Å². The highest BCUT2D eigenvalue weighted by atomic mass is 16.2. The fourth-order valence-corrected chi connectivity index (χ4v) is 2.97. The van der Waals surface area contributed by atoms with E-state index in [1.54, 1.807) is 24.5 Å². The summed E-state index contributed by atoms with van der Waals surface area (Å²) in [4.78, 5) is 29.5. The Kier molecular flexibility index (Phi) is 3.19. The van der Waals surface area contributed by atoms with Crippen LogP contribution in [0.5, 0.6) is 0 Å². The highest BCUT2D eigenvalue weighted by molar-refractivity contribution is 5.94. The molecule has 2 fully saturated rings. The van der Waals surface area contributed by atoms with E-state index in [0.29, 0.717) is 24.4 Å². The first kappa shape index (κ1) is 12.1. The van der Waals surface area contributed by atoms with Gasteiger partial charge in [-0.25, -0.2) is 0 Å². The Balaban J connectivity index is 1.68. The molecule has 3 rings (SSSR count). The molecule has 19 heavy (non-hydrogen) atoms. The summed E-state index contributed by atoms with van der Waals surface area (Å²) in [7, 11) is 0. The number of likely N-dealkylation sites (tertiary alicyclic amines) is 1. The molecule has 2 atom stereocenters. The van der Waals surface area contributed by atoms with Gasteiger partial charge in [0.2, 0.25) is 5.91 Å². The summed E-state index contributed by atoms with van der Waals surface area (Å²) in [6.07, 6.45) is 5.60. The van der Waals surface area contributed by atoms with Gasteiger partial charge in [-0.2, -0.15) is 0 Å². The van der Waals surface area contributed by atoms with Crippen LogP contribution in [-0.4, -0.2) is 40.8 Å². The topological polar surface area (TPSA) is 62.3 Å². The third kappa shape index (κ3) is 2.45. The summed E-state index contributed by atoms with van der Waals surface area (Å²) >= 11 is 0. The highest BCUT2D eigenvalue weighted by Gasteiger charge is 2.35. The third-order valence-corrected chi connectivity index (χ3v) is 4.04. The monoisotopic (exact) mass is 259 g/mol. The molecule has 0 spiro atoms. The number of carbonyl (C=O) groups excluding carboxylic acids is 2. The Morgan fingerprint density at radius 1 is 1.32 bits per heavy atom. The van der Waals surface area contributed by atoms with Gasteiger partial charge in [-0.15, -0.1) is 0 Å². The van der Waals surface area contributed by atoms with Crippen molar-refractivity contribution in [2.75, 3.05) is 13.1 Å². The van der Waals surface area contributed by atoms with E-state index >= 15 is 0 Å². The number of hydrogen-bond donors (Lipinski definition) is 1. The molecule has 2 unspecified atom stereocenters. The Bertz CT molecular complexity index is 489. The number of pyridine rings is 1. The molecule has 2 saturated heterocycles. The van der Waals surface area contributed by atoms with E-state index in [0.717, 1.165) is 19.4 Å². The average molecular weight is 259 g/mol. The van der Waals surface area contributed by atoms with Crippen molar-refractivity contribution in [3.63, 3.8) is 0 Å². The van der Waals surface area contributed by atoms with Gasteiger partial charge in [-0.05, 0) is 30.9 Å². The molecule has 0 aliphatic carbocycles. The van der Waals surface area contributed by atoms with Crippen LogP contribution in [0.4, 0.5) is 0 Å². The fourth-order valence-electron chi connectivity index (χ4n) is 2.97. The van der Waals surface area contributed by atoms with E-state index < -0.39 is 0 Å². The molecule has 3 heterocycles. The largest absolute Gasteiger partial charge is 0.353 e. The minimum atomic E-state index is 0.0674. The number of nitrogens with zero attached hydrogens (tertiary/aromatic N) is 2. The van der Waals surface area contributed by atoms with Crippen molar-refractivity contribution in [3.05, 3.63) is 30.1 Å². The third-order valence-electron chi connectivity index (χ3n) is 4.04. The number of nitrogens with one attached hydrogen (secondary N) is 1. The van der Waals surface area contributed by atoms with Crippen LogP contribution in [0, 0.1) is 5.92 Å². The standard InChI is InChI=1S/C14H17N3O2/c18-13-2-1-11-9-17(8-5-12(11)16-13)14(19)10-3-6-15-7-4-10/h3-4,6-7,11-12H,1-2,5,8-9H2,(H,16,18). The van der Waals surface area contributed by atoms with Gasteiger partial charge in [-0.1, -0.05) is 0 Å². The molecule has 0 bridgehead atoms. The molecular formula is C14H17N3O2. The fraction of sp³-hybridized carbons (Fsp3) is 0.500. The van der Waals surface area contributed by atoms with Crippen LogP contribution in [0.15, 0.2) is 24.5 Å². The summed E-state index contributed by atoms with van der Waals surface area (Å²) in [6, 6.07) is 3.75. The van der Waals surface area contributed by atoms with Crippen molar-refractivity contribution in [1.82, 2.24) is 15.2 Å². The first-order chi connectivity index (χ1) is 9.24. The second kappa shape index (κ2) is 4.99. The minimum Gasteiger partial charge on any atom is -0.353 e. The predicted octanol–water partition coefficient (Wildman–Crippen LogP) is 0.822. The second-order valence-electron chi connectivity index (χ2n) is 5.25. The Morgan fingerprint density at radius 3 is 2.89 bits per heavy atom. The predicted molar refractivity (Wildman–Crippen MR) is 69.4 cm³/mol. The van der Waals surface area contributed by atoms with Crippen LogP contribution >= 0.6 is 0 Å². The van der Waals surface area contributed by atoms with Crippen molar-refractivity contribution < 1.29 is 9.59 Å². The lowest BCUT2D eigenvalue weighted by atomic mass is 9.85. The van der Waals surface area contributed by atoms with Gasteiger partial charge >= 0.3 is 0 Å². The second-order valence-corrected chi connectivity index (χ2v) is 5.25. The molecule has 5 heteroatoms. The molecular weight excluding hydrogens is 242 g/mol. The lowest BCUT2D eigenvalue weighted by Crippen LogP contribution is -2.55. The van der Waals surface area contributed by atoms with Crippen LogP contribution in [0.3, 0.4) is 0 Å².